The Bertz CT molecular complexity index is 1100. The van der Waals surface area contributed by atoms with E-state index in [4.69, 9.17) is 22.9 Å². The molecule has 4 amide bonds. The first-order chi connectivity index (χ1) is 28.6. The summed E-state index contributed by atoms with van der Waals surface area (Å²) >= 11 is 0. The number of rotatable bonds is 38. The van der Waals surface area contributed by atoms with Gasteiger partial charge in [-0.15, -0.1) is 0 Å². The Balaban J connectivity index is -0.000000265. The third-order valence-electron chi connectivity index (χ3n) is 8.48. The number of carbonyl (C=O) groups excluding carboxylic acids is 8. The standard InChI is InChI=1S/C22H48N10O4.C14H24N2O8.4Na/c23-5-9-27-19(33)1-13-31(14-2-20(34)28-10-6-24)17-18-32(15-3-21(35)29-11-7-25)16-4-22(36)30-12-8-26;17-11(18)1-5-15(6-2-12(19)20)9-10-16(7-3-13(21)22)8-4-14(23)24;;;;/h1-18,23-26H2,(H,27,33)(H,28,34)(H,29,35)(H,30,36);1-10H2,(H,17,18)(H,19,20)(H,21,22)(H,23,24);;;;/q;;4*+1/p-4. The van der Waals surface area contributed by atoms with Crippen molar-refractivity contribution < 1.29 is 177 Å². The number of hydrogen-bond acceptors (Lipinski definition) is 20. The maximum atomic E-state index is 12.0. The molecule has 0 aliphatic rings. The smallest absolute Gasteiger partial charge is 0.550 e. The molecule has 0 fully saturated rings. The van der Waals surface area contributed by atoms with Crippen LogP contribution in [0, 0.1) is 0 Å². The van der Waals surface area contributed by atoms with E-state index in [1.54, 1.807) is 9.80 Å². The van der Waals surface area contributed by atoms with Gasteiger partial charge >= 0.3 is 118 Å². The van der Waals surface area contributed by atoms with Gasteiger partial charge in [0.15, 0.2) is 0 Å². The fourth-order valence-electron chi connectivity index (χ4n) is 5.14. The number of amides is 4. The van der Waals surface area contributed by atoms with E-state index in [2.05, 4.69) is 21.3 Å². The number of carboxylic acid groups (broad SMARTS) is 4. The van der Waals surface area contributed by atoms with Crippen molar-refractivity contribution >= 4 is 47.5 Å². The number of aliphatic carboxylic acids is 4. The van der Waals surface area contributed by atoms with E-state index in [1.807, 2.05) is 9.80 Å². The van der Waals surface area contributed by atoms with Gasteiger partial charge in [0.25, 0.3) is 0 Å². The van der Waals surface area contributed by atoms with E-state index in [9.17, 15) is 58.8 Å². The quantitative estimate of drug-likeness (QED) is 0.0266. The molecule has 0 aliphatic heterocycles. The number of carbonyl (C=O) groups is 8. The predicted molar refractivity (Wildman–Crippen MR) is 211 cm³/mol. The molecule has 0 unspecified atom stereocenters. The zero-order valence-corrected chi connectivity index (χ0v) is 46.8. The van der Waals surface area contributed by atoms with Gasteiger partial charge in [-0.3, -0.25) is 19.2 Å². The minimum Gasteiger partial charge on any atom is -0.550 e. The molecule has 24 nitrogen and oxygen atoms in total. The van der Waals surface area contributed by atoms with Gasteiger partial charge in [0.1, 0.15) is 0 Å². The van der Waals surface area contributed by atoms with Crippen molar-refractivity contribution in [3.05, 3.63) is 0 Å². The van der Waals surface area contributed by atoms with Crippen molar-refractivity contribution in [2.45, 2.75) is 51.4 Å². The molecule has 12 N–H and O–H groups in total. The molecule has 0 heterocycles. The van der Waals surface area contributed by atoms with Crippen LogP contribution in [0.15, 0.2) is 0 Å². The topological polar surface area (TPSA) is 394 Å². The molecule has 348 valence electrons. The molecular formula is C36H68N12Na4O12. The molecule has 0 aromatic carbocycles. The van der Waals surface area contributed by atoms with Crippen molar-refractivity contribution in [3.8, 4) is 0 Å². The second kappa shape index (κ2) is 51.8. The third kappa shape index (κ3) is 52.4. The Morgan fingerprint density at radius 1 is 0.297 bits per heavy atom. The number of hydrogen-bond donors (Lipinski definition) is 8. The van der Waals surface area contributed by atoms with Crippen LogP contribution in [0.2, 0.25) is 0 Å². The van der Waals surface area contributed by atoms with Gasteiger partial charge in [0, 0.05) is 180 Å². The molecular weight excluding hydrogens is 884 g/mol. The van der Waals surface area contributed by atoms with Crippen molar-refractivity contribution in [2.75, 3.05) is 131 Å². The Kier molecular flexibility index (Phi) is 60.7. The van der Waals surface area contributed by atoms with Gasteiger partial charge in [-0.05, 0) is 25.7 Å². The average Bonchev–Trinajstić information content (AvgIpc) is 3.20. The largest absolute Gasteiger partial charge is 1.00 e. The van der Waals surface area contributed by atoms with Crippen molar-refractivity contribution in [1.29, 1.82) is 0 Å². The molecule has 0 bridgehead atoms. The molecule has 64 heavy (non-hydrogen) atoms. The summed E-state index contributed by atoms with van der Waals surface area (Å²) in [6.45, 7) is 6.77. The van der Waals surface area contributed by atoms with Crippen LogP contribution in [-0.2, 0) is 38.4 Å². The first-order valence-electron chi connectivity index (χ1n) is 20.1. The van der Waals surface area contributed by atoms with E-state index in [-0.39, 0.29) is 232 Å². The SMILES string of the molecule is NCCNC(=O)CCN(CCC(=O)NCCN)CCN(CCC(=O)NCCN)CCC(=O)NCCN.O=C([O-])CCN(CCC(=O)[O-])CCN(CCC(=O)[O-])CCC(=O)[O-].[Na+].[Na+].[Na+].[Na+]. The summed E-state index contributed by atoms with van der Waals surface area (Å²) in [5.41, 5.74) is 21.7. The van der Waals surface area contributed by atoms with E-state index in [0.717, 1.165) is 0 Å². The second-order valence-corrected chi connectivity index (χ2v) is 13.4. The van der Waals surface area contributed by atoms with Gasteiger partial charge in [0.2, 0.25) is 23.6 Å². The van der Waals surface area contributed by atoms with E-state index in [0.29, 0.717) is 91.6 Å². The second-order valence-electron chi connectivity index (χ2n) is 13.4. The van der Waals surface area contributed by atoms with E-state index >= 15 is 0 Å². The summed E-state index contributed by atoms with van der Waals surface area (Å²) in [4.78, 5) is 97.4. The molecule has 0 aromatic heterocycles. The Hall–Kier alpha value is -0.560. The fraction of sp³-hybridized carbons (Fsp3) is 0.778. The zero-order chi connectivity index (χ0) is 45.6. The maximum absolute atomic E-state index is 12.0. The number of nitrogens with two attached hydrogens (primary N) is 4. The van der Waals surface area contributed by atoms with Crippen molar-refractivity contribution in [2.24, 2.45) is 22.9 Å². The van der Waals surface area contributed by atoms with Crippen LogP contribution in [0.1, 0.15) is 51.4 Å². The summed E-state index contributed by atoms with van der Waals surface area (Å²) in [6, 6.07) is 0. The first kappa shape index (κ1) is 75.0. The van der Waals surface area contributed by atoms with Crippen LogP contribution < -0.4 is 183 Å². The molecule has 0 saturated carbocycles. The van der Waals surface area contributed by atoms with Crippen LogP contribution in [0.25, 0.3) is 0 Å². The molecule has 0 saturated heterocycles. The summed E-state index contributed by atoms with van der Waals surface area (Å²) < 4.78 is 0. The third-order valence-corrected chi connectivity index (χ3v) is 8.48. The summed E-state index contributed by atoms with van der Waals surface area (Å²) in [5, 5.41) is 53.0. The van der Waals surface area contributed by atoms with E-state index in [1.165, 1.54) is 0 Å². The van der Waals surface area contributed by atoms with Crippen LogP contribution in [0.3, 0.4) is 0 Å². The summed E-state index contributed by atoms with van der Waals surface area (Å²) in [7, 11) is 0. The molecule has 0 spiro atoms. The summed E-state index contributed by atoms with van der Waals surface area (Å²) in [5.74, 6) is -5.55. The van der Waals surface area contributed by atoms with Gasteiger partial charge in [-0.2, -0.15) is 0 Å². The normalized spacial score (nSPS) is 10.2. The predicted octanol–water partition coefficient (Wildman–Crippen LogP) is -22.4. The average molecular weight is 953 g/mol. The summed E-state index contributed by atoms with van der Waals surface area (Å²) in [6.07, 6.45) is -0.0613. The Labute approximate surface area is 465 Å². The van der Waals surface area contributed by atoms with Crippen molar-refractivity contribution in [3.63, 3.8) is 0 Å². The fourth-order valence-corrected chi connectivity index (χ4v) is 5.14. The molecule has 0 rings (SSSR count). The van der Waals surface area contributed by atoms with Gasteiger partial charge < -0.3 is 103 Å². The minimum absolute atomic E-state index is 0. The van der Waals surface area contributed by atoms with Gasteiger partial charge in [0.05, 0.1) is 0 Å². The first-order valence-corrected chi connectivity index (χ1v) is 20.1. The molecule has 0 atom stereocenters. The Morgan fingerprint density at radius 3 is 0.594 bits per heavy atom. The van der Waals surface area contributed by atoms with Gasteiger partial charge in [-0.25, -0.2) is 0 Å². The zero-order valence-electron chi connectivity index (χ0n) is 38.8. The molecule has 0 aromatic rings. The minimum atomic E-state index is -1.28. The Morgan fingerprint density at radius 2 is 0.453 bits per heavy atom. The van der Waals surface area contributed by atoms with Crippen LogP contribution in [-0.4, -0.2) is 198 Å². The van der Waals surface area contributed by atoms with Crippen molar-refractivity contribution in [1.82, 2.24) is 40.9 Å². The maximum Gasteiger partial charge on any atom is 1.00 e. The van der Waals surface area contributed by atoms with E-state index < -0.39 is 23.9 Å². The van der Waals surface area contributed by atoms with Crippen LogP contribution in [0.4, 0.5) is 0 Å². The number of carboxylic acids is 4. The van der Waals surface area contributed by atoms with Crippen LogP contribution in [0.5, 0.6) is 0 Å². The molecule has 0 aliphatic carbocycles. The molecule has 0 radical (unpaired) electrons. The number of nitrogens with one attached hydrogen (secondary N) is 4. The number of nitrogens with zero attached hydrogens (tertiary/aromatic N) is 4. The van der Waals surface area contributed by atoms with Gasteiger partial charge in [-0.1, -0.05) is 0 Å². The van der Waals surface area contributed by atoms with Crippen LogP contribution >= 0.6 is 0 Å². The monoisotopic (exact) mass is 952 g/mol. The molecule has 28 heteroatoms.